The summed E-state index contributed by atoms with van der Waals surface area (Å²) in [5.74, 6) is -2.06. The summed E-state index contributed by atoms with van der Waals surface area (Å²) < 4.78 is 5.18. The van der Waals surface area contributed by atoms with E-state index in [9.17, 15) is 15.3 Å². The van der Waals surface area contributed by atoms with E-state index in [0.29, 0.717) is 6.54 Å². The van der Waals surface area contributed by atoms with Gasteiger partial charge in [-0.05, 0) is 31.4 Å². The molecule has 0 amide bonds. The topological polar surface area (TPSA) is 102 Å². The van der Waals surface area contributed by atoms with Gasteiger partial charge in [-0.25, -0.2) is 0 Å². The van der Waals surface area contributed by atoms with Gasteiger partial charge in [-0.3, -0.25) is 0 Å². The number of nitrogens with one attached hydrogen (secondary N) is 1. The van der Waals surface area contributed by atoms with Gasteiger partial charge >= 0.3 is 0 Å². The molecule has 2 rings (SSSR count). The van der Waals surface area contributed by atoms with Gasteiger partial charge in [0.25, 0.3) is 0 Å². The fourth-order valence-corrected chi connectivity index (χ4v) is 3.52. The Hall–Kier alpha value is -1.02. The average Bonchev–Trinajstić information content (AvgIpc) is 2.91. The molecule has 5 N–H and O–H groups in total. The lowest BCUT2D eigenvalue weighted by Gasteiger charge is -2.22. The van der Waals surface area contributed by atoms with Crippen LogP contribution in [0, 0.1) is 0 Å². The highest BCUT2D eigenvalue weighted by molar-refractivity contribution is 5.14. The number of rotatable bonds is 13. The Bertz CT molecular complexity index is 515. The number of benzene rings is 1. The van der Waals surface area contributed by atoms with Crippen LogP contribution < -0.4 is 5.32 Å². The van der Waals surface area contributed by atoms with Gasteiger partial charge in [-0.15, -0.1) is 0 Å². The lowest BCUT2D eigenvalue weighted by atomic mass is 10.0. The first kappa shape index (κ1) is 22.3. The van der Waals surface area contributed by atoms with Gasteiger partial charge < -0.3 is 30.5 Å². The van der Waals surface area contributed by atoms with Crippen molar-refractivity contribution in [2.24, 2.45) is 0 Å². The number of aliphatic hydroxyl groups excluding tert-OH is 3. The Balaban J connectivity index is 1.41. The maximum Gasteiger partial charge on any atom is 0.219 e. The molecule has 1 aliphatic heterocycles. The molecule has 0 unspecified atom stereocenters. The smallest absolute Gasteiger partial charge is 0.219 e. The van der Waals surface area contributed by atoms with E-state index >= 15 is 0 Å². The van der Waals surface area contributed by atoms with E-state index in [0.717, 1.165) is 19.4 Å². The number of hydrogen-bond acceptors (Lipinski definition) is 6. The molecule has 0 radical (unpaired) electrons. The third-order valence-electron chi connectivity index (χ3n) is 5.26. The molecule has 1 saturated heterocycles. The second kappa shape index (κ2) is 11.7. The summed E-state index contributed by atoms with van der Waals surface area (Å²) in [5.41, 5.74) is 1.42. The van der Waals surface area contributed by atoms with Crippen LogP contribution in [0.5, 0.6) is 0 Å². The molecule has 0 spiro atoms. The van der Waals surface area contributed by atoms with Crippen LogP contribution in [-0.2, 0) is 11.2 Å². The predicted molar refractivity (Wildman–Crippen MR) is 104 cm³/mol. The van der Waals surface area contributed by atoms with Crippen LogP contribution in [0.4, 0.5) is 0 Å². The fraction of sp³-hybridized carbons (Fsp3) is 0.714. The molecule has 0 aromatic heterocycles. The SMILES string of the molecule is OC[C@]1(O)O[C@H](CNCCCCCCCCCc2ccccc2)[C@H](O)[C@H]1O. The summed E-state index contributed by atoms with van der Waals surface area (Å²) in [5, 5.41) is 41.6. The zero-order valence-corrected chi connectivity index (χ0v) is 16.1. The van der Waals surface area contributed by atoms with Gasteiger partial charge in [0.2, 0.25) is 5.79 Å². The molecule has 1 heterocycles. The third kappa shape index (κ3) is 7.14. The minimum Gasteiger partial charge on any atom is -0.391 e. The van der Waals surface area contributed by atoms with Crippen LogP contribution in [-0.4, -0.2) is 64.2 Å². The van der Waals surface area contributed by atoms with Gasteiger partial charge in [0, 0.05) is 6.54 Å². The Labute approximate surface area is 162 Å². The Kier molecular flexibility index (Phi) is 9.68. The van der Waals surface area contributed by atoms with Crippen LogP contribution in [0.15, 0.2) is 30.3 Å². The summed E-state index contributed by atoms with van der Waals surface area (Å²) in [6.07, 6.45) is 6.24. The van der Waals surface area contributed by atoms with Gasteiger partial charge in [-0.1, -0.05) is 62.4 Å². The van der Waals surface area contributed by atoms with Crippen LogP contribution in [0.25, 0.3) is 0 Å². The van der Waals surface area contributed by atoms with Crippen molar-refractivity contribution < 1.29 is 25.2 Å². The van der Waals surface area contributed by atoms with E-state index in [1.165, 1.54) is 44.1 Å². The molecule has 4 atom stereocenters. The minimum absolute atomic E-state index is 0.333. The first-order chi connectivity index (χ1) is 13.1. The molecule has 1 aliphatic rings. The lowest BCUT2D eigenvalue weighted by molar-refractivity contribution is -0.245. The fourth-order valence-electron chi connectivity index (χ4n) is 3.52. The molecule has 1 aromatic rings. The highest BCUT2D eigenvalue weighted by Crippen LogP contribution is 2.28. The van der Waals surface area contributed by atoms with Crippen molar-refractivity contribution >= 4 is 0 Å². The third-order valence-corrected chi connectivity index (χ3v) is 5.26. The molecule has 1 fully saturated rings. The quantitative estimate of drug-likeness (QED) is 0.331. The summed E-state index contributed by atoms with van der Waals surface area (Å²) in [7, 11) is 0. The zero-order valence-electron chi connectivity index (χ0n) is 16.1. The molecule has 0 bridgehead atoms. The number of unbranched alkanes of at least 4 members (excludes halogenated alkanes) is 6. The highest BCUT2D eigenvalue weighted by Gasteiger charge is 2.52. The Morgan fingerprint density at radius 1 is 0.926 bits per heavy atom. The molecule has 6 heteroatoms. The van der Waals surface area contributed by atoms with E-state index in [1.807, 2.05) is 0 Å². The van der Waals surface area contributed by atoms with Crippen molar-refractivity contribution in [2.45, 2.75) is 75.5 Å². The van der Waals surface area contributed by atoms with Crippen LogP contribution in [0.2, 0.25) is 0 Å². The van der Waals surface area contributed by atoms with Crippen molar-refractivity contribution in [3.63, 3.8) is 0 Å². The van der Waals surface area contributed by atoms with Gasteiger partial charge in [-0.2, -0.15) is 0 Å². The second-order valence-corrected chi connectivity index (χ2v) is 7.51. The predicted octanol–water partition coefficient (Wildman–Crippen LogP) is 1.35. The number of aliphatic hydroxyl groups is 4. The van der Waals surface area contributed by atoms with E-state index in [1.54, 1.807) is 0 Å². The van der Waals surface area contributed by atoms with Gasteiger partial charge in [0.1, 0.15) is 18.3 Å². The van der Waals surface area contributed by atoms with E-state index < -0.39 is 30.7 Å². The molecule has 0 aliphatic carbocycles. The molecular weight excluding hydrogens is 346 g/mol. The number of hydrogen-bond donors (Lipinski definition) is 5. The summed E-state index contributed by atoms with van der Waals surface area (Å²) in [4.78, 5) is 0. The van der Waals surface area contributed by atoms with Crippen LogP contribution in [0.1, 0.15) is 50.5 Å². The monoisotopic (exact) mass is 381 g/mol. The van der Waals surface area contributed by atoms with E-state index in [2.05, 4.69) is 35.6 Å². The molecule has 0 saturated carbocycles. The summed E-state index contributed by atoms with van der Waals surface area (Å²) >= 11 is 0. The van der Waals surface area contributed by atoms with Crippen molar-refractivity contribution in [3.05, 3.63) is 35.9 Å². The normalized spacial score (nSPS) is 27.9. The van der Waals surface area contributed by atoms with E-state index in [4.69, 9.17) is 9.84 Å². The largest absolute Gasteiger partial charge is 0.391 e. The highest BCUT2D eigenvalue weighted by atomic mass is 16.7. The molecule has 6 nitrogen and oxygen atoms in total. The standard InChI is InChI=1S/C21H35NO5/c23-16-21(26)20(25)19(24)18(27-21)15-22-14-10-5-3-1-2-4-7-11-17-12-8-6-9-13-17/h6,8-9,12-13,18-20,22-26H,1-5,7,10-11,14-16H2/t18-,19+,20-,21+/m1/s1. The Morgan fingerprint density at radius 3 is 2.19 bits per heavy atom. The second-order valence-electron chi connectivity index (χ2n) is 7.51. The average molecular weight is 382 g/mol. The van der Waals surface area contributed by atoms with Crippen LogP contribution in [0.3, 0.4) is 0 Å². The number of aryl methyl sites for hydroxylation is 1. The first-order valence-corrected chi connectivity index (χ1v) is 10.2. The van der Waals surface area contributed by atoms with Crippen molar-refractivity contribution in [1.29, 1.82) is 0 Å². The molecular formula is C21H35NO5. The molecule has 154 valence electrons. The summed E-state index contributed by atoms with van der Waals surface area (Å²) in [6, 6.07) is 10.6. The van der Waals surface area contributed by atoms with Gasteiger partial charge in [0.05, 0.1) is 6.61 Å². The molecule has 1 aromatic carbocycles. The maximum absolute atomic E-state index is 9.85. The van der Waals surface area contributed by atoms with Gasteiger partial charge in [0.15, 0.2) is 0 Å². The zero-order chi connectivity index (χ0) is 19.5. The first-order valence-electron chi connectivity index (χ1n) is 10.2. The molecule has 27 heavy (non-hydrogen) atoms. The van der Waals surface area contributed by atoms with Crippen molar-refractivity contribution in [2.75, 3.05) is 19.7 Å². The van der Waals surface area contributed by atoms with Crippen molar-refractivity contribution in [1.82, 2.24) is 5.32 Å². The lowest BCUT2D eigenvalue weighted by Crippen LogP contribution is -2.46. The van der Waals surface area contributed by atoms with E-state index in [-0.39, 0.29) is 0 Å². The Morgan fingerprint density at radius 2 is 1.56 bits per heavy atom. The summed E-state index contributed by atoms with van der Waals surface area (Å²) in [6.45, 7) is 0.390. The maximum atomic E-state index is 9.85. The minimum atomic E-state index is -2.06. The van der Waals surface area contributed by atoms with Crippen LogP contribution >= 0.6 is 0 Å². The number of ether oxygens (including phenoxy) is 1. The van der Waals surface area contributed by atoms with Crippen molar-refractivity contribution in [3.8, 4) is 0 Å².